The lowest BCUT2D eigenvalue weighted by Gasteiger charge is -2.31. The molecule has 1 amide bonds. The van der Waals surface area contributed by atoms with Crippen molar-refractivity contribution in [1.29, 1.82) is 0 Å². The van der Waals surface area contributed by atoms with E-state index in [2.05, 4.69) is 5.32 Å². The molecule has 0 aliphatic carbocycles. The Bertz CT molecular complexity index is 571. The molecule has 1 heterocycles. The van der Waals surface area contributed by atoms with Crippen molar-refractivity contribution in [1.82, 2.24) is 10.2 Å². The molecule has 7 heteroatoms. The van der Waals surface area contributed by atoms with E-state index in [1.807, 2.05) is 0 Å². The highest BCUT2D eigenvalue weighted by Gasteiger charge is 2.27. The minimum atomic E-state index is -0.689. The largest absolute Gasteiger partial charge is 0.339 e. The van der Waals surface area contributed by atoms with E-state index in [9.17, 15) is 19.3 Å². The van der Waals surface area contributed by atoms with Gasteiger partial charge in [-0.05, 0) is 38.4 Å². The molecule has 1 N–H and O–H groups in total. The standard InChI is InChI=1S/C14H18FN3O3/c1-9-7-11(18(20)21)8-12(13(9)15)14(19)17(2)10-3-5-16-6-4-10/h7-8,10,16H,3-6H2,1-2H3. The maximum absolute atomic E-state index is 14.1. The summed E-state index contributed by atoms with van der Waals surface area (Å²) >= 11 is 0. The second-order valence-corrected chi connectivity index (χ2v) is 5.28. The van der Waals surface area contributed by atoms with Gasteiger partial charge in [0.25, 0.3) is 11.6 Å². The fraction of sp³-hybridized carbons (Fsp3) is 0.500. The molecule has 0 bridgehead atoms. The molecular formula is C14H18FN3O3. The normalized spacial score (nSPS) is 15.8. The number of amides is 1. The Morgan fingerprint density at radius 3 is 2.62 bits per heavy atom. The first-order valence-corrected chi connectivity index (χ1v) is 6.84. The van der Waals surface area contributed by atoms with Crippen LogP contribution in [0.2, 0.25) is 0 Å². The van der Waals surface area contributed by atoms with E-state index in [-0.39, 0.29) is 22.9 Å². The zero-order valence-corrected chi connectivity index (χ0v) is 12.1. The topological polar surface area (TPSA) is 75.5 Å². The summed E-state index contributed by atoms with van der Waals surface area (Å²) in [6.07, 6.45) is 1.58. The summed E-state index contributed by atoms with van der Waals surface area (Å²) < 4.78 is 14.1. The maximum Gasteiger partial charge on any atom is 0.270 e. The Hall–Kier alpha value is -2.02. The number of hydrogen-bond acceptors (Lipinski definition) is 4. The van der Waals surface area contributed by atoms with Gasteiger partial charge in [0.15, 0.2) is 0 Å². The average Bonchev–Trinajstić information content (AvgIpc) is 2.49. The molecule has 0 aromatic heterocycles. The van der Waals surface area contributed by atoms with Crippen LogP contribution in [0.25, 0.3) is 0 Å². The first-order chi connectivity index (χ1) is 9.91. The van der Waals surface area contributed by atoms with Crippen LogP contribution in [0, 0.1) is 22.9 Å². The first-order valence-electron chi connectivity index (χ1n) is 6.84. The van der Waals surface area contributed by atoms with E-state index in [0.29, 0.717) is 0 Å². The summed E-state index contributed by atoms with van der Waals surface area (Å²) in [6, 6.07) is 2.18. The Kier molecular flexibility index (Phi) is 4.52. The van der Waals surface area contributed by atoms with Crippen molar-refractivity contribution in [3.8, 4) is 0 Å². The van der Waals surface area contributed by atoms with Crippen molar-refractivity contribution in [2.45, 2.75) is 25.8 Å². The van der Waals surface area contributed by atoms with E-state index >= 15 is 0 Å². The number of carbonyl (C=O) groups is 1. The molecule has 1 saturated heterocycles. The van der Waals surface area contributed by atoms with Gasteiger partial charge in [-0.1, -0.05) is 0 Å². The van der Waals surface area contributed by atoms with Crippen LogP contribution in [0.15, 0.2) is 12.1 Å². The van der Waals surface area contributed by atoms with E-state index in [1.165, 1.54) is 11.8 Å². The number of non-ortho nitro benzene ring substituents is 1. The van der Waals surface area contributed by atoms with Gasteiger partial charge in [0, 0.05) is 25.2 Å². The molecule has 114 valence electrons. The molecule has 0 spiro atoms. The molecule has 1 fully saturated rings. The van der Waals surface area contributed by atoms with E-state index < -0.39 is 16.6 Å². The fourth-order valence-corrected chi connectivity index (χ4v) is 2.56. The SMILES string of the molecule is Cc1cc([N+](=O)[O-])cc(C(=O)N(C)C2CCNCC2)c1F. The number of carbonyl (C=O) groups excluding carboxylic acids is 1. The molecule has 0 atom stereocenters. The Morgan fingerprint density at radius 1 is 1.43 bits per heavy atom. The molecule has 1 aromatic rings. The minimum absolute atomic E-state index is 0.0257. The summed E-state index contributed by atoms with van der Waals surface area (Å²) in [6.45, 7) is 3.03. The first kappa shape index (κ1) is 15.4. The van der Waals surface area contributed by atoms with Crippen molar-refractivity contribution in [3.05, 3.63) is 39.2 Å². The maximum atomic E-state index is 14.1. The molecule has 1 aromatic carbocycles. The summed E-state index contributed by atoms with van der Waals surface area (Å²) in [5, 5.41) is 14.1. The summed E-state index contributed by atoms with van der Waals surface area (Å²) in [5.41, 5.74) is -0.398. The third kappa shape index (κ3) is 3.18. The van der Waals surface area contributed by atoms with Crippen LogP contribution in [0.5, 0.6) is 0 Å². The monoisotopic (exact) mass is 295 g/mol. The van der Waals surface area contributed by atoms with Gasteiger partial charge < -0.3 is 10.2 Å². The van der Waals surface area contributed by atoms with Gasteiger partial charge in [-0.3, -0.25) is 14.9 Å². The second kappa shape index (κ2) is 6.17. The Balaban J connectivity index is 2.31. The third-order valence-corrected chi connectivity index (χ3v) is 3.86. The lowest BCUT2D eigenvalue weighted by Crippen LogP contribution is -2.44. The number of rotatable bonds is 3. The molecule has 21 heavy (non-hydrogen) atoms. The second-order valence-electron chi connectivity index (χ2n) is 5.28. The summed E-state index contributed by atoms with van der Waals surface area (Å²) in [5.74, 6) is -1.20. The number of piperidine rings is 1. The number of nitro benzene ring substituents is 1. The van der Waals surface area contributed by atoms with Crippen LogP contribution in [0.4, 0.5) is 10.1 Å². The predicted molar refractivity (Wildman–Crippen MR) is 75.8 cm³/mol. The highest BCUT2D eigenvalue weighted by molar-refractivity contribution is 5.95. The molecule has 0 unspecified atom stereocenters. The zero-order chi connectivity index (χ0) is 15.6. The summed E-state index contributed by atoms with van der Waals surface area (Å²) in [7, 11) is 1.62. The van der Waals surface area contributed by atoms with Crippen LogP contribution in [0.3, 0.4) is 0 Å². The van der Waals surface area contributed by atoms with E-state index in [4.69, 9.17) is 0 Å². The fourth-order valence-electron chi connectivity index (χ4n) is 2.56. The number of nitrogens with one attached hydrogen (secondary N) is 1. The number of hydrogen-bond donors (Lipinski definition) is 1. The molecule has 2 rings (SSSR count). The minimum Gasteiger partial charge on any atom is -0.339 e. The molecule has 0 saturated carbocycles. The van der Waals surface area contributed by atoms with Crippen LogP contribution >= 0.6 is 0 Å². The van der Waals surface area contributed by atoms with Gasteiger partial charge in [-0.15, -0.1) is 0 Å². The van der Waals surface area contributed by atoms with Crippen molar-refractivity contribution in [3.63, 3.8) is 0 Å². The molecular weight excluding hydrogens is 277 g/mol. The van der Waals surface area contributed by atoms with Gasteiger partial charge in [0.2, 0.25) is 0 Å². The number of benzene rings is 1. The van der Waals surface area contributed by atoms with Crippen molar-refractivity contribution in [2.75, 3.05) is 20.1 Å². The number of nitrogens with zero attached hydrogens (tertiary/aromatic N) is 2. The van der Waals surface area contributed by atoms with E-state index in [1.54, 1.807) is 7.05 Å². The van der Waals surface area contributed by atoms with Crippen molar-refractivity contribution < 1.29 is 14.1 Å². The van der Waals surface area contributed by atoms with Crippen LogP contribution in [-0.4, -0.2) is 41.9 Å². The van der Waals surface area contributed by atoms with Gasteiger partial charge in [-0.2, -0.15) is 0 Å². The predicted octanol–water partition coefficient (Wildman–Crippen LogP) is 1.87. The van der Waals surface area contributed by atoms with Crippen LogP contribution < -0.4 is 5.32 Å². The quantitative estimate of drug-likeness (QED) is 0.682. The van der Waals surface area contributed by atoms with Gasteiger partial charge in [0.05, 0.1) is 10.5 Å². The van der Waals surface area contributed by atoms with Gasteiger partial charge >= 0.3 is 0 Å². The molecule has 6 nitrogen and oxygen atoms in total. The highest BCUT2D eigenvalue weighted by atomic mass is 19.1. The van der Waals surface area contributed by atoms with Crippen LogP contribution in [0.1, 0.15) is 28.8 Å². The Morgan fingerprint density at radius 2 is 2.05 bits per heavy atom. The lowest BCUT2D eigenvalue weighted by molar-refractivity contribution is -0.385. The van der Waals surface area contributed by atoms with Gasteiger partial charge in [-0.25, -0.2) is 4.39 Å². The Labute approximate surface area is 122 Å². The molecule has 1 aliphatic heterocycles. The number of nitro groups is 1. The molecule has 1 aliphatic rings. The lowest BCUT2D eigenvalue weighted by atomic mass is 10.0. The smallest absolute Gasteiger partial charge is 0.270 e. The highest BCUT2D eigenvalue weighted by Crippen LogP contribution is 2.23. The number of halogens is 1. The third-order valence-electron chi connectivity index (χ3n) is 3.86. The molecule has 0 radical (unpaired) electrons. The average molecular weight is 295 g/mol. The van der Waals surface area contributed by atoms with Crippen molar-refractivity contribution >= 4 is 11.6 Å². The van der Waals surface area contributed by atoms with Crippen molar-refractivity contribution in [2.24, 2.45) is 0 Å². The van der Waals surface area contributed by atoms with Gasteiger partial charge in [0.1, 0.15) is 5.82 Å². The summed E-state index contributed by atoms with van der Waals surface area (Å²) in [4.78, 5) is 24.2. The zero-order valence-electron chi connectivity index (χ0n) is 12.1. The van der Waals surface area contributed by atoms with Crippen LogP contribution in [-0.2, 0) is 0 Å². The van der Waals surface area contributed by atoms with E-state index in [0.717, 1.165) is 38.1 Å². The number of aryl methyl sites for hydroxylation is 1.